The second-order valence-corrected chi connectivity index (χ2v) is 6.55. The molecule has 0 fully saturated rings. The van der Waals surface area contributed by atoms with Crippen LogP contribution in [0.4, 0.5) is 0 Å². The number of ether oxygens (including phenoxy) is 1. The molecule has 0 saturated heterocycles. The molecule has 2 aromatic rings. The molecular weight excluding hydrogens is 332 g/mol. The maximum atomic E-state index is 12.1. The van der Waals surface area contributed by atoms with E-state index < -0.39 is 22.6 Å². The minimum Gasteiger partial charge on any atom is -0.481 e. The summed E-state index contributed by atoms with van der Waals surface area (Å²) in [5, 5.41) is 12.4. The first-order valence-corrected chi connectivity index (χ1v) is 8.42. The summed E-state index contributed by atoms with van der Waals surface area (Å²) in [6.07, 6.45) is 1.25. The quantitative estimate of drug-likeness (QED) is 0.586. The van der Waals surface area contributed by atoms with Gasteiger partial charge in [0.2, 0.25) is 0 Å². The van der Waals surface area contributed by atoms with Gasteiger partial charge >= 0.3 is 5.97 Å². The Bertz CT molecular complexity index is 845. The van der Waals surface area contributed by atoms with E-state index in [1.165, 1.54) is 18.3 Å². The number of hydrogen-bond acceptors (Lipinski definition) is 5. The fourth-order valence-corrected chi connectivity index (χ4v) is 2.58. The van der Waals surface area contributed by atoms with E-state index in [0.29, 0.717) is 5.56 Å². The van der Waals surface area contributed by atoms with E-state index in [1.54, 1.807) is 36.4 Å². The predicted molar refractivity (Wildman–Crippen MR) is 88.7 cm³/mol. The first kappa shape index (κ1) is 17.5. The lowest BCUT2D eigenvalue weighted by molar-refractivity contribution is -0.139. The Hall–Kier alpha value is -2.87. The molecule has 2 rings (SSSR count). The Morgan fingerprint density at radius 2 is 1.88 bits per heavy atom. The molecule has 0 unspecified atom stereocenters. The SMILES string of the molecule is Cc1ccc(S(=O)(=O)N/N=C\c2ccccc2OCC(=O)O)cc1. The summed E-state index contributed by atoms with van der Waals surface area (Å²) in [6, 6.07) is 12.9. The van der Waals surface area contributed by atoms with Gasteiger partial charge in [-0.05, 0) is 31.2 Å². The fourth-order valence-electron chi connectivity index (χ4n) is 1.79. The number of aliphatic carboxylic acids is 1. The number of sulfonamides is 1. The Morgan fingerprint density at radius 3 is 2.54 bits per heavy atom. The van der Waals surface area contributed by atoms with Crippen molar-refractivity contribution in [2.45, 2.75) is 11.8 Å². The molecule has 0 saturated carbocycles. The van der Waals surface area contributed by atoms with Gasteiger partial charge in [0, 0.05) is 5.56 Å². The molecular formula is C16H16N2O5S. The smallest absolute Gasteiger partial charge is 0.341 e. The number of rotatable bonds is 7. The topological polar surface area (TPSA) is 105 Å². The fraction of sp³-hybridized carbons (Fsp3) is 0.125. The highest BCUT2D eigenvalue weighted by atomic mass is 32.2. The minimum atomic E-state index is -3.77. The van der Waals surface area contributed by atoms with Crippen LogP contribution in [0.3, 0.4) is 0 Å². The predicted octanol–water partition coefficient (Wildman–Crippen LogP) is 1.77. The third-order valence-corrected chi connectivity index (χ3v) is 4.22. The van der Waals surface area contributed by atoms with Gasteiger partial charge in [0.25, 0.3) is 10.0 Å². The van der Waals surface area contributed by atoms with Crippen LogP contribution >= 0.6 is 0 Å². The molecule has 24 heavy (non-hydrogen) atoms. The van der Waals surface area contributed by atoms with Crippen LogP contribution < -0.4 is 9.57 Å². The number of carbonyl (C=O) groups is 1. The monoisotopic (exact) mass is 348 g/mol. The zero-order chi connectivity index (χ0) is 17.6. The first-order valence-electron chi connectivity index (χ1n) is 6.93. The van der Waals surface area contributed by atoms with Gasteiger partial charge in [-0.25, -0.2) is 9.63 Å². The van der Waals surface area contributed by atoms with Crippen molar-refractivity contribution in [1.82, 2.24) is 4.83 Å². The molecule has 0 aromatic heterocycles. The van der Waals surface area contributed by atoms with E-state index in [0.717, 1.165) is 5.56 Å². The molecule has 0 aliphatic rings. The molecule has 2 N–H and O–H groups in total. The van der Waals surface area contributed by atoms with E-state index in [4.69, 9.17) is 9.84 Å². The molecule has 0 aliphatic carbocycles. The van der Waals surface area contributed by atoms with E-state index in [-0.39, 0.29) is 10.6 Å². The van der Waals surface area contributed by atoms with Crippen LogP contribution in [0, 0.1) is 6.92 Å². The van der Waals surface area contributed by atoms with E-state index in [1.807, 2.05) is 6.92 Å². The molecule has 0 radical (unpaired) electrons. The summed E-state index contributed by atoms with van der Waals surface area (Å²) in [5.41, 5.74) is 1.40. The molecule has 126 valence electrons. The van der Waals surface area contributed by atoms with Crippen molar-refractivity contribution in [3.05, 3.63) is 59.7 Å². The van der Waals surface area contributed by atoms with Crippen LogP contribution in [0.5, 0.6) is 5.75 Å². The zero-order valence-corrected chi connectivity index (χ0v) is 13.7. The van der Waals surface area contributed by atoms with Crippen molar-refractivity contribution in [1.29, 1.82) is 0 Å². The second kappa shape index (κ2) is 7.60. The number of hydrogen-bond donors (Lipinski definition) is 2. The van der Waals surface area contributed by atoms with Gasteiger partial charge < -0.3 is 9.84 Å². The van der Waals surface area contributed by atoms with E-state index >= 15 is 0 Å². The van der Waals surface area contributed by atoms with Crippen molar-refractivity contribution in [2.75, 3.05) is 6.61 Å². The van der Waals surface area contributed by atoms with Gasteiger partial charge in [-0.15, -0.1) is 0 Å². The van der Waals surface area contributed by atoms with Gasteiger partial charge in [-0.2, -0.15) is 13.5 Å². The third kappa shape index (κ3) is 4.82. The molecule has 0 amide bonds. The zero-order valence-electron chi connectivity index (χ0n) is 12.8. The molecule has 0 atom stereocenters. The summed E-state index contributed by atoms with van der Waals surface area (Å²) >= 11 is 0. The summed E-state index contributed by atoms with van der Waals surface area (Å²) in [4.78, 5) is 12.8. The van der Waals surface area contributed by atoms with E-state index in [2.05, 4.69) is 9.93 Å². The lowest BCUT2D eigenvalue weighted by atomic mass is 10.2. The highest BCUT2D eigenvalue weighted by molar-refractivity contribution is 7.89. The maximum absolute atomic E-state index is 12.1. The number of hydrazone groups is 1. The van der Waals surface area contributed by atoms with Crippen LogP contribution in [0.2, 0.25) is 0 Å². The Labute approximate surface area is 139 Å². The van der Waals surface area contributed by atoms with Gasteiger partial charge in [0.1, 0.15) is 5.75 Å². The van der Waals surface area contributed by atoms with Gasteiger partial charge in [0.15, 0.2) is 6.61 Å². The molecule has 0 spiro atoms. The van der Waals surface area contributed by atoms with Crippen LogP contribution in [-0.2, 0) is 14.8 Å². The van der Waals surface area contributed by atoms with Gasteiger partial charge in [-0.1, -0.05) is 29.8 Å². The number of para-hydroxylation sites is 1. The van der Waals surface area contributed by atoms with Crippen molar-refractivity contribution in [2.24, 2.45) is 5.10 Å². The lowest BCUT2D eigenvalue weighted by Crippen LogP contribution is -2.18. The number of aryl methyl sites for hydroxylation is 1. The van der Waals surface area contributed by atoms with Crippen molar-refractivity contribution in [3.63, 3.8) is 0 Å². The average molecular weight is 348 g/mol. The molecule has 8 heteroatoms. The maximum Gasteiger partial charge on any atom is 0.341 e. The Morgan fingerprint density at radius 1 is 1.21 bits per heavy atom. The summed E-state index contributed by atoms with van der Waals surface area (Å²) in [7, 11) is -3.77. The highest BCUT2D eigenvalue weighted by Crippen LogP contribution is 2.16. The normalized spacial score (nSPS) is 11.4. The lowest BCUT2D eigenvalue weighted by Gasteiger charge is -2.07. The molecule has 2 aromatic carbocycles. The number of carboxylic acid groups (broad SMARTS) is 1. The Balaban J connectivity index is 2.11. The van der Waals surface area contributed by atoms with Gasteiger partial charge in [0.05, 0.1) is 11.1 Å². The van der Waals surface area contributed by atoms with Gasteiger partial charge in [-0.3, -0.25) is 0 Å². The van der Waals surface area contributed by atoms with Crippen molar-refractivity contribution in [3.8, 4) is 5.75 Å². The highest BCUT2D eigenvalue weighted by Gasteiger charge is 2.12. The van der Waals surface area contributed by atoms with Crippen molar-refractivity contribution >= 4 is 22.2 Å². The van der Waals surface area contributed by atoms with Crippen molar-refractivity contribution < 1.29 is 23.1 Å². The average Bonchev–Trinajstić information content (AvgIpc) is 2.54. The Kier molecular flexibility index (Phi) is 5.54. The summed E-state index contributed by atoms with van der Waals surface area (Å²) < 4.78 is 29.3. The van der Waals surface area contributed by atoms with Crippen LogP contribution in [-0.4, -0.2) is 32.3 Å². The minimum absolute atomic E-state index is 0.0978. The van der Waals surface area contributed by atoms with Crippen LogP contribution in [0.1, 0.15) is 11.1 Å². The van der Waals surface area contributed by atoms with Crippen LogP contribution in [0.15, 0.2) is 58.5 Å². The number of nitrogens with one attached hydrogen (secondary N) is 1. The largest absolute Gasteiger partial charge is 0.481 e. The van der Waals surface area contributed by atoms with E-state index in [9.17, 15) is 13.2 Å². The van der Waals surface area contributed by atoms with Crippen LogP contribution in [0.25, 0.3) is 0 Å². The number of carboxylic acids is 1. The number of benzene rings is 2. The summed E-state index contributed by atoms with van der Waals surface area (Å²) in [5.74, 6) is -0.819. The molecule has 0 bridgehead atoms. The summed E-state index contributed by atoms with van der Waals surface area (Å²) in [6.45, 7) is 1.36. The first-order chi connectivity index (χ1) is 11.4. The standard InChI is InChI=1S/C16H16N2O5S/c1-12-6-8-14(9-7-12)24(21,22)18-17-10-13-4-2-3-5-15(13)23-11-16(19)20/h2-10,18H,11H2,1H3,(H,19,20)/b17-10-. The number of nitrogens with zero attached hydrogens (tertiary/aromatic N) is 1. The molecule has 0 heterocycles. The molecule has 7 nitrogen and oxygen atoms in total. The third-order valence-electron chi connectivity index (χ3n) is 2.98. The second-order valence-electron chi connectivity index (χ2n) is 4.89. The molecule has 0 aliphatic heterocycles.